The zero-order chi connectivity index (χ0) is 82.4. The number of piperazine rings is 2. The van der Waals surface area contributed by atoms with E-state index in [1.54, 1.807) is 88.2 Å². The number of methoxy groups -OCH3 is 4. The van der Waals surface area contributed by atoms with Crippen molar-refractivity contribution in [2.24, 2.45) is 0 Å². The van der Waals surface area contributed by atoms with Crippen molar-refractivity contribution in [2.75, 3.05) is 155 Å². The minimum atomic E-state index is -0.137. The SMILES string of the molecule is CCc1cc(N2CCN(CC)CC2)cn2c(=O)cc(-c3ccc(OC)c(OC)c3)nc12.COc1ccc(-c2cc(=O)n3cc(N4CCC(N5CCOCC5)CC4)cc(C)c3n2)cc1OC.Cc1cn2nc(-c3cc(=O)n4cc(N5CCNCC5)ccc4n3)cc2cn1.Cc1nc2ccc(-c3cc(=O)n4cc(C5=CCNCC5)ncc4n3)cc2o1. The van der Waals surface area contributed by atoms with Crippen LogP contribution in [0.15, 0.2) is 182 Å². The molecule has 4 saturated heterocycles. The Bertz CT molecular complexity index is 6360. The molecule has 0 unspecified atom stereocenters. The van der Waals surface area contributed by atoms with E-state index < -0.39 is 0 Å². The Balaban J connectivity index is 0.000000119. The van der Waals surface area contributed by atoms with Gasteiger partial charge in [0.1, 0.15) is 28.2 Å². The van der Waals surface area contributed by atoms with Crippen LogP contribution in [0, 0.1) is 20.8 Å². The van der Waals surface area contributed by atoms with Gasteiger partial charge < -0.3 is 58.3 Å². The number of aryl methyl sites for hydroxylation is 4. The van der Waals surface area contributed by atoms with Gasteiger partial charge in [-0.15, -0.1) is 0 Å². The number of likely N-dealkylation sites (N-methyl/N-ethyl adjacent to an activating group) is 1. The molecule has 0 amide bonds. The van der Waals surface area contributed by atoms with Crippen LogP contribution >= 0.6 is 0 Å². The molecule has 0 radical (unpaired) electrons. The number of hydrogen-bond donors (Lipinski definition) is 2. The summed E-state index contributed by atoms with van der Waals surface area (Å²) in [5.74, 6) is 3.11. The largest absolute Gasteiger partial charge is 0.493 e. The summed E-state index contributed by atoms with van der Waals surface area (Å²) in [4.78, 5) is 95.7. The molecule has 5 aliphatic heterocycles. The van der Waals surface area contributed by atoms with Crippen LogP contribution in [0.3, 0.4) is 0 Å². The number of hydrogen-bond acceptors (Lipinski definition) is 25. The van der Waals surface area contributed by atoms with Crippen molar-refractivity contribution in [2.45, 2.75) is 66.3 Å². The number of oxazole rings is 1. The quantitative estimate of drug-likeness (QED) is 0.0964. The van der Waals surface area contributed by atoms with Crippen LogP contribution in [-0.4, -0.2) is 218 Å². The van der Waals surface area contributed by atoms with E-state index in [0.29, 0.717) is 91.6 Å². The Labute approximate surface area is 686 Å². The zero-order valence-corrected chi connectivity index (χ0v) is 68.6. The predicted octanol–water partition coefficient (Wildman–Crippen LogP) is 9.78. The molecule has 4 fully saturated rings. The Morgan fingerprint density at radius 3 is 1.72 bits per heavy atom. The number of anilines is 3. The molecule has 16 heterocycles. The average Bonchev–Trinajstić information content (AvgIpc) is 1.15. The van der Waals surface area contributed by atoms with Gasteiger partial charge in [0.05, 0.1) is 117 Å². The van der Waals surface area contributed by atoms with Crippen molar-refractivity contribution < 1.29 is 28.1 Å². The lowest BCUT2D eigenvalue weighted by molar-refractivity contribution is 0.0115. The summed E-state index contributed by atoms with van der Waals surface area (Å²) in [5, 5.41) is 11.1. The highest BCUT2D eigenvalue weighted by molar-refractivity contribution is 5.80. The lowest BCUT2D eigenvalue weighted by Gasteiger charge is -2.40. The summed E-state index contributed by atoms with van der Waals surface area (Å²) < 4.78 is 40.8. The van der Waals surface area contributed by atoms with Crippen molar-refractivity contribution in [1.29, 1.82) is 0 Å². The van der Waals surface area contributed by atoms with Gasteiger partial charge in [0.25, 0.3) is 22.2 Å². The molecule has 0 saturated carbocycles. The maximum Gasteiger partial charge on any atom is 0.258 e. The molecular weight excluding hydrogens is 1510 g/mol. The van der Waals surface area contributed by atoms with Crippen LogP contribution in [0.1, 0.15) is 61.5 Å². The van der Waals surface area contributed by atoms with E-state index in [2.05, 4.69) is 97.2 Å². The van der Waals surface area contributed by atoms with E-state index in [-0.39, 0.29) is 22.2 Å². The van der Waals surface area contributed by atoms with Gasteiger partial charge >= 0.3 is 0 Å². The molecule has 2 N–H and O–H groups in total. The van der Waals surface area contributed by atoms with Crippen molar-refractivity contribution in [3.63, 3.8) is 0 Å². The molecular formula is C89H98N20O10. The van der Waals surface area contributed by atoms with E-state index in [1.165, 1.54) is 12.1 Å². The number of pyridine rings is 3. The van der Waals surface area contributed by atoms with Crippen molar-refractivity contribution in [3.05, 3.63) is 228 Å². The van der Waals surface area contributed by atoms with Crippen LogP contribution in [0.2, 0.25) is 0 Å². The average molecular weight is 1610 g/mol. The normalized spacial score (nSPS) is 15.6. The molecule has 0 atom stereocenters. The molecule has 19 rings (SSSR count). The number of morpholine rings is 1. The number of aromatic nitrogens is 13. The van der Waals surface area contributed by atoms with Crippen LogP contribution in [0.4, 0.5) is 17.1 Å². The lowest BCUT2D eigenvalue weighted by atomic mass is 10.0. The first kappa shape index (κ1) is 80.1. The fraction of sp³-hybridized carbons (Fsp3) is 0.348. The second-order valence-electron chi connectivity index (χ2n) is 30.1. The molecule has 3 aromatic carbocycles. The van der Waals surface area contributed by atoms with Gasteiger partial charge in [-0.05, 0) is 148 Å². The topological polar surface area (TPSA) is 293 Å². The Kier molecular flexibility index (Phi) is 24.0. The maximum atomic E-state index is 13.1. The van der Waals surface area contributed by atoms with Gasteiger partial charge in [0.2, 0.25) is 0 Å². The third-order valence-corrected chi connectivity index (χ3v) is 22.7. The number of ether oxygens (including phenoxy) is 5. The summed E-state index contributed by atoms with van der Waals surface area (Å²) in [6, 6.07) is 33.8. The van der Waals surface area contributed by atoms with Crippen molar-refractivity contribution in [3.8, 4) is 68.2 Å². The van der Waals surface area contributed by atoms with Crippen molar-refractivity contribution >= 4 is 61.8 Å². The molecule has 119 heavy (non-hydrogen) atoms. The van der Waals surface area contributed by atoms with Gasteiger partial charge in [0.15, 0.2) is 40.1 Å². The lowest BCUT2D eigenvalue weighted by Crippen LogP contribution is -2.49. The summed E-state index contributed by atoms with van der Waals surface area (Å²) in [6.07, 6.45) is 18.8. The fourth-order valence-electron chi connectivity index (χ4n) is 16.1. The van der Waals surface area contributed by atoms with Gasteiger partial charge in [-0.25, -0.2) is 29.4 Å². The molecule has 30 heteroatoms. The van der Waals surface area contributed by atoms with Gasteiger partial charge in [-0.1, -0.05) is 26.0 Å². The third kappa shape index (κ3) is 17.5. The van der Waals surface area contributed by atoms with Crippen LogP contribution in [0.5, 0.6) is 23.0 Å². The second-order valence-corrected chi connectivity index (χ2v) is 30.1. The highest BCUT2D eigenvalue weighted by atomic mass is 16.5. The molecule has 0 aliphatic carbocycles. The predicted molar refractivity (Wildman–Crippen MR) is 462 cm³/mol. The molecule has 14 aromatic rings. The first-order chi connectivity index (χ1) is 58.0. The van der Waals surface area contributed by atoms with Crippen LogP contribution in [0.25, 0.3) is 89.9 Å². The first-order valence-corrected chi connectivity index (χ1v) is 40.6. The molecule has 0 spiro atoms. The number of piperidine rings is 1. The second kappa shape index (κ2) is 35.6. The molecule has 30 nitrogen and oxygen atoms in total. The number of fused-ring (bicyclic) bond motifs is 6. The highest BCUT2D eigenvalue weighted by Gasteiger charge is 2.28. The summed E-state index contributed by atoms with van der Waals surface area (Å²) >= 11 is 0. The smallest absolute Gasteiger partial charge is 0.258 e. The highest BCUT2D eigenvalue weighted by Crippen LogP contribution is 2.35. The number of rotatable bonds is 15. The minimum absolute atomic E-state index is 0.0847. The Morgan fingerprint density at radius 1 is 0.479 bits per heavy atom. The Morgan fingerprint density at radius 2 is 1.07 bits per heavy atom. The number of nitrogens with one attached hydrogen (secondary N) is 2. The van der Waals surface area contributed by atoms with Crippen molar-refractivity contribution in [1.82, 2.24) is 82.5 Å². The first-order valence-electron chi connectivity index (χ1n) is 40.6. The number of nitrogens with zero attached hydrogens (tertiary/aromatic N) is 18. The molecule has 5 aliphatic rings. The minimum Gasteiger partial charge on any atom is -0.493 e. The summed E-state index contributed by atoms with van der Waals surface area (Å²) in [7, 11) is 6.40. The van der Waals surface area contributed by atoms with Gasteiger partial charge in [-0.2, -0.15) is 5.10 Å². The van der Waals surface area contributed by atoms with E-state index in [1.807, 2.05) is 111 Å². The van der Waals surface area contributed by atoms with E-state index in [9.17, 15) is 19.2 Å². The van der Waals surface area contributed by atoms with Gasteiger partial charge in [0, 0.05) is 164 Å². The molecule has 0 bridgehead atoms. The summed E-state index contributed by atoms with van der Waals surface area (Å²) in [6.45, 7) is 26.3. The fourth-order valence-corrected chi connectivity index (χ4v) is 16.1. The standard InChI is InChI=1S/C26H32N4O4.C24H30N4O3.C20H17N5O2.C19H19N7O/c1-18-14-21(28-8-6-20(7-9-28)29-10-12-34-13-11-29)17-30-25(31)16-22(27-26(18)30)19-4-5-23(32-2)24(15-19)33-3;1-5-17-13-19(27-11-9-26(6-2)10-12-27)16-28-23(29)15-20(25-24(17)28)18-7-8-21(30-3)22(14-18)31-4;1-12-23-15-3-2-14(8-18(15)27-12)16-9-20(26)25-11-17(22-10-19(25)24-16)13-4-6-21-7-5-13;1-13-11-26-15(10-21-13)8-17(23-26)16-9-19(27)25-12-14(2-3-18(25)22-16)24-6-4-20-5-7-24/h4-5,14-17,20H,6-13H2,1-3H3;7-8,13-16H,5-6,9-12H2,1-4H3;2-4,8-11,21H,5-7H2,1H3;2-3,8-12,20H,4-7H2,1H3. The monoisotopic (exact) mass is 1610 g/mol. The van der Waals surface area contributed by atoms with E-state index in [4.69, 9.17) is 38.1 Å². The third-order valence-electron chi connectivity index (χ3n) is 22.7. The maximum absolute atomic E-state index is 13.1. The Hall–Kier alpha value is -12.7. The van der Waals surface area contributed by atoms with Crippen LogP contribution < -0.4 is 66.5 Å². The van der Waals surface area contributed by atoms with Crippen LogP contribution in [-0.2, 0) is 11.2 Å². The zero-order valence-electron chi connectivity index (χ0n) is 68.6. The van der Waals surface area contributed by atoms with E-state index >= 15 is 0 Å². The summed E-state index contributed by atoms with van der Waals surface area (Å²) in [5.41, 5.74) is 18.0. The number of benzene rings is 3. The molecule has 11 aromatic heterocycles. The van der Waals surface area contributed by atoms with Gasteiger partial charge in [-0.3, -0.25) is 51.6 Å². The molecule has 614 valence electrons. The van der Waals surface area contributed by atoms with E-state index in [0.717, 1.165) is 210 Å².